The van der Waals surface area contributed by atoms with Gasteiger partial charge in [-0.1, -0.05) is 17.6 Å². The topological polar surface area (TPSA) is 94.9 Å². The zero-order valence-electron chi connectivity index (χ0n) is 13.6. The quantitative estimate of drug-likeness (QED) is 0.775. The average Bonchev–Trinajstić information content (AvgIpc) is 3.06. The van der Waals surface area contributed by atoms with E-state index < -0.39 is 23.0 Å². The predicted octanol–water partition coefficient (Wildman–Crippen LogP) is 2.98. The van der Waals surface area contributed by atoms with E-state index in [0.717, 1.165) is 12.5 Å². The van der Waals surface area contributed by atoms with E-state index in [2.05, 4.69) is 15.1 Å². The van der Waals surface area contributed by atoms with Gasteiger partial charge in [0.25, 0.3) is 5.91 Å². The highest BCUT2D eigenvalue weighted by Crippen LogP contribution is 2.49. The summed E-state index contributed by atoms with van der Waals surface area (Å²) >= 11 is 0. The molecule has 1 amide bonds. The molecule has 8 heteroatoms. The number of nitrogens with zero attached hydrogens (tertiary/aromatic N) is 3. The number of pyridine rings is 1. The highest BCUT2D eigenvalue weighted by Gasteiger charge is 2.47. The fourth-order valence-corrected chi connectivity index (χ4v) is 3.21. The number of aromatic nitrogens is 3. The number of rotatable bonds is 4. The molecular formula is C18H14F2N4O2. The van der Waals surface area contributed by atoms with E-state index in [0.29, 0.717) is 24.0 Å². The summed E-state index contributed by atoms with van der Waals surface area (Å²) in [5, 5.41) is 3.94. The molecule has 1 aliphatic rings. The monoisotopic (exact) mass is 356 g/mol. The number of primary amides is 1. The molecule has 1 aromatic carbocycles. The molecule has 2 N–H and O–H groups in total. The highest BCUT2D eigenvalue weighted by atomic mass is 19.1. The molecule has 1 fully saturated rings. The molecule has 1 aliphatic carbocycles. The molecule has 0 atom stereocenters. The van der Waals surface area contributed by atoms with Crippen LogP contribution in [0.25, 0.3) is 11.4 Å². The van der Waals surface area contributed by atoms with Crippen LogP contribution in [0.1, 0.15) is 41.2 Å². The van der Waals surface area contributed by atoms with Crippen molar-refractivity contribution in [2.45, 2.75) is 24.7 Å². The van der Waals surface area contributed by atoms with Gasteiger partial charge in [0.05, 0.1) is 5.41 Å². The van der Waals surface area contributed by atoms with Crippen molar-refractivity contribution in [1.29, 1.82) is 0 Å². The van der Waals surface area contributed by atoms with Gasteiger partial charge >= 0.3 is 0 Å². The van der Waals surface area contributed by atoms with E-state index in [9.17, 15) is 13.6 Å². The molecule has 0 bridgehead atoms. The van der Waals surface area contributed by atoms with Crippen molar-refractivity contribution in [3.63, 3.8) is 0 Å². The number of carbonyl (C=O) groups is 1. The Morgan fingerprint density at radius 2 is 2.00 bits per heavy atom. The zero-order valence-corrected chi connectivity index (χ0v) is 13.6. The molecule has 4 rings (SSSR count). The summed E-state index contributed by atoms with van der Waals surface area (Å²) in [6.45, 7) is 0. The average molecular weight is 356 g/mol. The summed E-state index contributed by atoms with van der Waals surface area (Å²) in [5.74, 6) is -1.34. The lowest BCUT2D eigenvalue weighted by Crippen LogP contribution is -2.36. The lowest BCUT2D eigenvalue weighted by atomic mass is 9.64. The summed E-state index contributed by atoms with van der Waals surface area (Å²) in [4.78, 5) is 19.4. The van der Waals surface area contributed by atoms with Gasteiger partial charge in [-0.15, -0.1) is 0 Å². The molecule has 26 heavy (non-hydrogen) atoms. The zero-order chi connectivity index (χ0) is 18.3. The molecule has 1 saturated carbocycles. The Bertz CT molecular complexity index is 981. The van der Waals surface area contributed by atoms with Gasteiger partial charge in [0.15, 0.2) is 0 Å². The minimum Gasteiger partial charge on any atom is -0.364 e. The number of halogens is 2. The second-order valence-electron chi connectivity index (χ2n) is 6.28. The molecule has 3 aromatic rings. The maximum atomic E-state index is 14.3. The largest absolute Gasteiger partial charge is 0.364 e. The first-order chi connectivity index (χ1) is 12.5. The Morgan fingerprint density at radius 3 is 2.58 bits per heavy atom. The van der Waals surface area contributed by atoms with Crippen molar-refractivity contribution in [2.75, 3.05) is 0 Å². The third-order valence-corrected chi connectivity index (χ3v) is 4.76. The number of carbonyl (C=O) groups excluding carboxylic acids is 1. The van der Waals surface area contributed by atoms with Gasteiger partial charge in [-0.05, 0) is 31.0 Å². The van der Waals surface area contributed by atoms with Crippen molar-refractivity contribution in [1.82, 2.24) is 15.1 Å². The summed E-state index contributed by atoms with van der Waals surface area (Å²) in [7, 11) is 0. The normalized spacial score (nSPS) is 15.5. The SMILES string of the molecule is NC(=O)c1ccc(-c2noc(C3(c4ccc(F)cc4F)CCC3)n2)cn1. The van der Waals surface area contributed by atoms with Gasteiger partial charge in [0.2, 0.25) is 11.7 Å². The molecule has 6 nitrogen and oxygen atoms in total. The molecule has 132 valence electrons. The Hall–Kier alpha value is -3.16. The van der Waals surface area contributed by atoms with Crippen molar-refractivity contribution in [2.24, 2.45) is 5.73 Å². The van der Waals surface area contributed by atoms with Gasteiger partial charge in [-0.2, -0.15) is 4.98 Å². The molecule has 2 aromatic heterocycles. The third kappa shape index (κ3) is 2.54. The lowest BCUT2D eigenvalue weighted by Gasteiger charge is -2.38. The van der Waals surface area contributed by atoms with Gasteiger partial charge in [-0.3, -0.25) is 9.78 Å². The summed E-state index contributed by atoms with van der Waals surface area (Å²) in [6, 6.07) is 6.58. The molecule has 0 unspecified atom stereocenters. The fraction of sp³-hybridized carbons (Fsp3) is 0.222. The van der Waals surface area contributed by atoms with Crippen LogP contribution in [0.2, 0.25) is 0 Å². The number of nitrogens with two attached hydrogens (primary N) is 1. The standard InChI is InChI=1S/C18H14F2N4O2/c19-11-3-4-12(13(20)8-11)18(6-1-7-18)17-23-16(24-26-17)10-2-5-14(15(21)25)22-9-10/h2-5,8-9H,1,6-7H2,(H2,21,25). The molecule has 0 saturated heterocycles. The van der Waals surface area contributed by atoms with E-state index in [-0.39, 0.29) is 17.4 Å². The van der Waals surface area contributed by atoms with Crippen LogP contribution < -0.4 is 5.73 Å². The predicted molar refractivity (Wildman–Crippen MR) is 87.0 cm³/mol. The number of hydrogen-bond acceptors (Lipinski definition) is 5. The first kappa shape index (κ1) is 16.3. The van der Waals surface area contributed by atoms with Crippen LogP contribution >= 0.6 is 0 Å². The third-order valence-electron chi connectivity index (χ3n) is 4.76. The van der Waals surface area contributed by atoms with Crippen LogP contribution in [0.15, 0.2) is 41.1 Å². The van der Waals surface area contributed by atoms with E-state index in [1.807, 2.05) is 0 Å². The number of hydrogen-bond donors (Lipinski definition) is 1. The molecule has 0 spiro atoms. The second kappa shape index (κ2) is 5.98. The van der Waals surface area contributed by atoms with Crippen molar-refractivity contribution in [3.05, 3.63) is 65.3 Å². The summed E-state index contributed by atoms with van der Waals surface area (Å²) < 4.78 is 33.0. The van der Waals surface area contributed by atoms with Crippen molar-refractivity contribution < 1.29 is 18.1 Å². The Labute approximate surface area is 147 Å². The highest BCUT2D eigenvalue weighted by molar-refractivity contribution is 5.90. The summed E-state index contributed by atoms with van der Waals surface area (Å²) in [5.41, 5.74) is 5.44. The van der Waals surface area contributed by atoms with E-state index in [1.165, 1.54) is 24.4 Å². The minimum absolute atomic E-state index is 0.126. The second-order valence-corrected chi connectivity index (χ2v) is 6.28. The maximum absolute atomic E-state index is 14.3. The molecule has 0 aliphatic heterocycles. The van der Waals surface area contributed by atoms with Crippen LogP contribution in [-0.2, 0) is 5.41 Å². The van der Waals surface area contributed by atoms with Gasteiger partial charge in [0.1, 0.15) is 17.3 Å². The van der Waals surface area contributed by atoms with Crippen molar-refractivity contribution in [3.8, 4) is 11.4 Å². The van der Waals surface area contributed by atoms with Crippen LogP contribution in [0, 0.1) is 11.6 Å². The maximum Gasteiger partial charge on any atom is 0.267 e. The van der Waals surface area contributed by atoms with Gasteiger partial charge in [-0.25, -0.2) is 8.78 Å². The first-order valence-electron chi connectivity index (χ1n) is 8.05. The lowest BCUT2D eigenvalue weighted by molar-refractivity contribution is 0.0995. The van der Waals surface area contributed by atoms with Crippen LogP contribution in [-0.4, -0.2) is 21.0 Å². The first-order valence-corrected chi connectivity index (χ1v) is 8.05. The van der Waals surface area contributed by atoms with Gasteiger partial charge in [0, 0.05) is 23.4 Å². The van der Waals surface area contributed by atoms with E-state index in [1.54, 1.807) is 6.07 Å². The van der Waals surface area contributed by atoms with E-state index >= 15 is 0 Å². The van der Waals surface area contributed by atoms with Crippen LogP contribution in [0.4, 0.5) is 8.78 Å². The van der Waals surface area contributed by atoms with E-state index in [4.69, 9.17) is 10.3 Å². The summed E-state index contributed by atoms with van der Waals surface area (Å²) in [6.07, 6.45) is 3.57. The molecule has 0 radical (unpaired) electrons. The van der Waals surface area contributed by atoms with Gasteiger partial charge < -0.3 is 10.3 Å². The molecule has 2 heterocycles. The Kier molecular flexibility index (Phi) is 3.75. The van der Waals surface area contributed by atoms with Crippen LogP contribution in [0.3, 0.4) is 0 Å². The minimum atomic E-state index is -0.746. The van der Waals surface area contributed by atoms with Crippen molar-refractivity contribution >= 4 is 5.91 Å². The van der Waals surface area contributed by atoms with Crippen LogP contribution in [0.5, 0.6) is 0 Å². The number of amides is 1. The number of benzene rings is 1. The Morgan fingerprint density at radius 1 is 1.19 bits per heavy atom. The Balaban J connectivity index is 1.71. The fourth-order valence-electron chi connectivity index (χ4n) is 3.21. The molecular weight excluding hydrogens is 342 g/mol. The smallest absolute Gasteiger partial charge is 0.267 e.